The third-order valence-electron chi connectivity index (χ3n) is 2.99. The molecule has 1 N–H and O–H groups in total. The number of ether oxygens (including phenoxy) is 2. The van der Waals surface area contributed by atoms with Gasteiger partial charge in [-0.2, -0.15) is 0 Å². The van der Waals surface area contributed by atoms with Crippen LogP contribution in [-0.4, -0.2) is 24.8 Å². The van der Waals surface area contributed by atoms with E-state index in [-0.39, 0.29) is 12.4 Å². The number of benzene rings is 1. The summed E-state index contributed by atoms with van der Waals surface area (Å²) >= 11 is 0. The predicted octanol–water partition coefficient (Wildman–Crippen LogP) is 2.96. The van der Waals surface area contributed by atoms with E-state index in [0.29, 0.717) is 18.6 Å². The van der Waals surface area contributed by atoms with E-state index in [0.717, 1.165) is 5.56 Å². The normalized spacial score (nSPS) is 18.3. The third kappa shape index (κ3) is 3.70. The van der Waals surface area contributed by atoms with Gasteiger partial charge in [0.1, 0.15) is 17.5 Å². The molecule has 0 saturated carbocycles. The molecule has 0 spiro atoms. The summed E-state index contributed by atoms with van der Waals surface area (Å²) in [6.07, 6.45) is -0.298. The second kappa shape index (κ2) is 5.79. The molecule has 0 bridgehead atoms. The minimum Gasteiger partial charge on any atom is -0.444 e. The number of amides is 1. The molecule has 2 rings (SSSR count). The molecule has 1 atom stereocenters. The van der Waals surface area contributed by atoms with Crippen molar-refractivity contribution in [3.8, 4) is 0 Å². The fourth-order valence-electron chi connectivity index (χ4n) is 2.21. The Bertz CT molecular complexity index is 496. The van der Waals surface area contributed by atoms with E-state index < -0.39 is 17.8 Å². The first-order chi connectivity index (χ1) is 9.37. The summed E-state index contributed by atoms with van der Waals surface area (Å²) in [5, 5.41) is 2.62. The van der Waals surface area contributed by atoms with E-state index in [1.54, 1.807) is 26.8 Å². The second-order valence-electron chi connectivity index (χ2n) is 5.80. The van der Waals surface area contributed by atoms with Gasteiger partial charge in [-0.05, 0) is 38.8 Å². The largest absolute Gasteiger partial charge is 0.444 e. The van der Waals surface area contributed by atoms with Crippen LogP contribution in [0.4, 0.5) is 9.18 Å². The Kier molecular flexibility index (Phi) is 4.28. The van der Waals surface area contributed by atoms with Crippen molar-refractivity contribution in [2.45, 2.75) is 38.9 Å². The molecule has 20 heavy (non-hydrogen) atoms. The lowest BCUT2D eigenvalue weighted by molar-refractivity contribution is 0.0271. The average Bonchev–Trinajstić information content (AvgIpc) is 2.34. The van der Waals surface area contributed by atoms with Crippen molar-refractivity contribution in [2.24, 2.45) is 0 Å². The van der Waals surface area contributed by atoms with Gasteiger partial charge in [-0.15, -0.1) is 0 Å². The highest BCUT2D eigenvalue weighted by Gasteiger charge is 2.25. The first-order valence-electron chi connectivity index (χ1n) is 6.72. The molecule has 0 radical (unpaired) electrons. The van der Waals surface area contributed by atoms with Gasteiger partial charge in [-0.1, -0.05) is 12.1 Å². The zero-order valence-electron chi connectivity index (χ0n) is 12.0. The Labute approximate surface area is 118 Å². The zero-order chi connectivity index (χ0) is 14.8. The number of carbonyl (C=O) groups is 1. The maximum absolute atomic E-state index is 13.9. The van der Waals surface area contributed by atoms with Crippen molar-refractivity contribution < 1.29 is 18.7 Å². The Morgan fingerprint density at radius 3 is 2.95 bits per heavy atom. The Morgan fingerprint density at radius 1 is 1.50 bits per heavy atom. The van der Waals surface area contributed by atoms with E-state index in [1.165, 1.54) is 6.07 Å². The molecule has 110 valence electrons. The summed E-state index contributed by atoms with van der Waals surface area (Å²) in [5.74, 6) is -0.293. The molecule has 1 aromatic rings. The summed E-state index contributed by atoms with van der Waals surface area (Å²) in [7, 11) is 0. The van der Waals surface area contributed by atoms with Gasteiger partial charge in [0.25, 0.3) is 0 Å². The SMILES string of the molecule is CC(C)(C)OC(=O)NC[C@H]1OCCc2cccc(F)c21. The number of hydrogen-bond acceptors (Lipinski definition) is 3. The highest BCUT2D eigenvalue weighted by atomic mass is 19.1. The molecule has 0 aromatic heterocycles. The van der Waals surface area contributed by atoms with Gasteiger partial charge >= 0.3 is 6.09 Å². The summed E-state index contributed by atoms with van der Waals surface area (Å²) < 4.78 is 24.6. The number of fused-ring (bicyclic) bond motifs is 1. The smallest absolute Gasteiger partial charge is 0.407 e. The molecule has 1 heterocycles. The summed E-state index contributed by atoms with van der Waals surface area (Å²) in [5.41, 5.74) is 0.919. The van der Waals surface area contributed by atoms with E-state index in [2.05, 4.69) is 5.32 Å². The quantitative estimate of drug-likeness (QED) is 0.906. The van der Waals surface area contributed by atoms with Crippen molar-refractivity contribution in [3.05, 3.63) is 35.1 Å². The second-order valence-corrected chi connectivity index (χ2v) is 5.80. The number of halogens is 1. The van der Waals surface area contributed by atoms with Crippen molar-refractivity contribution in [1.29, 1.82) is 0 Å². The molecule has 1 aliphatic heterocycles. The van der Waals surface area contributed by atoms with Crippen molar-refractivity contribution in [1.82, 2.24) is 5.32 Å². The van der Waals surface area contributed by atoms with Crippen LogP contribution in [0.1, 0.15) is 38.0 Å². The van der Waals surface area contributed by atoms with Gasteiger partial charge in [0, 0.05) is 5.56 Å². The summed E-state index contributed by atoms with van der Waals surface area (Å²) in [6.45, 7) is 6.09. The summed E-state index contributed by atoms with van der Waals surface area (Å²) in [6, 6.07) is 4.99. The molecular weight excluding hydrogens is 261 g/mol. The fourth-order valence-corrected chi connectivity index (χ4v) is 2.21. The van der Waals surface area contributed by atoms with Crippen LogP contribution in [0.2, 0.25) is 0 Å². The fraction of sp³-hybridized carbons (Fsp3) is 0.533. The molecule has 0 aliphatic carbocycles. The van der Waals surface area contributed by atoms with Crippen molar-refractivity contribution in [3.63, 3.8) is 0 Å². The number of carbonyl (C=O) groups excluding carboxylic acids is 1. The molecule has 5 heteroatoms. The van der Waals surface area contributed by atoms with Crippen LogP contribution in [-0.2, 0) is 15.9 Å². The minimum atomic E-state index is -0.555. The number of alkyl carbamates (subject to hydrolysis) is 1. The Balaban J connectivity index is 2.01. The van der Waals surface area contributed by atoms with E-state index >= 15 is 0 Å². The van der Waals surface area contributed by atoms with Crippen molar-refractivity contribution >= 4 is 6.09 Å². The molecule has 0 unspecified atom stereocenters. The maximum atomic E-state index is 13.9. The predicted molar refractivity (Wildman–Crippen MR) is 73.0 cm³/mol. The van der Waals surface area contributed by atoms with Crippen LogP contribution in [0.3, 0.4) is 0 Å². The molecule has 1 amide bonds. The first kappa shape index (κ1) is 14.8. The van der Waals surface area contributed by atoms with E-state index in [9.17, 15) is 9.18 Å². The molecular formula is C15H20FNO3. The molecule has 0 saturated heterocycles. The van der Waals surface area contributed by atoms with E-state index in [1.807, 2.05) is 6.07 Å². The summed E-state index contributed by atoms with van der Waals surface area (Å²) in [4.78, 5) is 11.6. The standard InChI is InChI=1S/C15H20FNO3/c1-15(2,3)20-14(18)17-9-12-13-10(7-8-19-12)5-4-6-11(13)16/h4-6,12H,7-9H2,1-3H3,(H,17,18)/t12-/m1/s1. The lowest BCUT2D eigenvalue weighted by Gasteiger charge is -2.27. The molecule has 0 fully saturated rings. The van der Waals surface area contributed by atoms with Gasteiger partial charge in [-0.25, -0.2) is 9.18 Å². The van der Waals surface area contributed by atoms with E-state index in [4.69, 9.17) is 9.47 Å². The van der Waals surface area contributed by atoms with Crippen LogP contribution in [0.25, 0.3) is 0 Å². The number of hydrogen-bond donors (Lipinski definition) is 1. The molecule has 1 aromatic carbocycles. The lowest BCUT2D eigenvalue weighted by Crippen LogP contribution is -2.36. The van der Waals surface area contributed by atoms with Gasteiger partial charge in [0.15, 0.2) is 0 Å². The van der Waals surface area contributed by atoms with Gasteiger partial charge in [0.2, 0.25) is 0 Å². The van der Waals surface area contributed by atoms with Crippen LogP contribution >= 0.6 is 0 Å². The van der Waals surface area contributed by atoms with Gasteiger partial charge in [0.05, 0.1) is 13.2 Å². The number of rotatable bonds is 2. The lowest BCUT2D eigenvalue weighted by atomic mass is 9.97. The maximum Gasteiger partial charge on any atom is 0.407 e. The van der Waals surface area contributed by atoms with Crippen LogP contribution < -0.4 is 5.32 Å². The first-order valence-corrected chi connectivity index (χ1v) is 6.72. The topological polar surface area (TPSA) is 47.6 Å². The zero-order valence-corrected chi connectivity index (χ0v) is 12.0. The number of nitrogens with one attached hydrogen (secondary N) is 1. The van der Waals surface area contributed by atoms with Gasteiger partial charge < -0.3 is 14.8 Å². The van der Waals surface area contributed by atoms with Crippen LogP contribution in [0, 0.1) is 5.82 Å². The van der Waals surface area contributed by atoms with Crippen LogP contribution in [0.5, 0.6) is 0 Å². The third-order valence-corrected chi connectivity index (χ3v) is 2.99. The molecule has 1 aliphatic rings. The highest BCUT2D eigenvalue weighted by molar-refractivity contribution is 5.67. The molecule has 4 nitrogen and oxygen atoms in total. The average molecular weight is 281 g/mol. The Morgan fingerprint density at radius 2 is 2.25 bits per heavy atom. The van der Waals surface area contributed by atoms with Crippen molar-refractivity contribution in [2.75, 3.05) is 13.2 Å². The van der Waals surface area contributed by atoms with Gasteiger partial charge in [-0.3, -0.25) is 0 Å². The minimum absolute atomic E-state index is 0.197. The Hall–Kier alpha value is -1.62. The monoisotopic (exact) mass is 281 g/mol. The highest BCUT2D eigenvalue weighted by Crippen LogP contribution is 2.28. The van der Waals surface area contributed by atoms with Crippen LogP contribution in [0.15, 0.2) is 18.2 Å².